The summed E-state index contributed by atoms with van der Waals surface area (Å²) in [7, 11) is 0. The van der Waals surface area contributed by atoms with Crippen LogP contribution in [0.15, 0.2) is 40.7 Å². The number of hydrogen-bond acceptors (Lipinski definition) is 3. The van der Waals surface area contributed by atoms with Gasteiger partial charge in [-0.3, -0.25) is 0 Å². The highest BCUT2D eigenvalue weighted by Gasteiger charge is 2.20. The van der Waals surface area contributed by atoms with Crippen LogP contribution in [0.5, 0.6) is 0 Å². The lowest BCUT2D eigenvalue weighted by molar-refractivity contribution is 0.508. The van der Waals surface area contributed by atoms with Gasteiger partial charge in [0.2, 0.25) is 0 Å². The number of aryl methyl sites for hydroxylation is 1. The molecule has 0 atom stereocenters. The molecule has 0 spiro atoms. The molecule has 0 fully saturated rings. The zero-order valence-corrected chi connectivity index (χ0v) is 18.7. The molecule has 1 aromatic carbocycles. The Morgan fingerprint density at radius 2 is 1.88 bits per heavy atom. The summed E-state index contributed by atoms with van der Waals surface area (Å²) in [5, 5.41) is 10.0. The minimum atomic E-state index is 0. The highest BCUT2D eigenvalue weighted by atomic mass is 127. The van der Waals surface area contributed by atoms with Crippen LogP contribution in [-0.4, -0.2) is 24.0 Å². The molecular weight excluding hydrogens is 443 g/mol. The van der Waals surface area contributed by atoms with E-state index in [9.17, 15) is 0 Å². The lowest BCUT2D eigenvalue weighted by Crippen LogP contribution is -2.43. The normalized spacial score (nSPS) is 11.8. The van der Waals surface area contributed by atoms with Crippen molar-refractivity contribution in [3.05, 3.63) is 52.0 Å². The summed E-state index contributed by atoms with van der Waals surface area (Å²) < 4.78 is 0. The predicted octanol–water partition coefficient (Wildman–Crippen LogP) is 4.36. The van der Waals surface area contributed by atoms with E-state index in [1.165, 1.54) is 10.6 Å². The number of rotatable bonds is 7. The summed E-state index contributed by atoms with van der Waals surface area (Å²) in [5.41, 5.74) is 2.39. The van der Waals surface area contributed by atoms with Gasteiger partial charge in [-0.05, 0) is 18.9 Å². The van der Waals surface area contributed by atoms with E-state index >= 15 is 0 Å². The maximum absolute atomic E-state index is 4.67. The number of hydrogen-bond donors (Lipinski definition) is 2. The van der Waals surface area contributed by atoms with Crippen LogP contribution < -0.4 is 10.6 Å². The van der Waals surface area contributed by atoms with Crippen LogP contribution in [0, 0.1) is 0 Å². The second-order valence-corrected chi connectivity index (χ2v) is 7.33. The van der Waals surface area contributed by atoms with Crippen molar-refractivity contribution in [3.8, 4) is 0 Å². The van der Waals surface area contributed by atoms with E-state index in [0.29, 0.717) is 6.54 Å². The SMILES string of the molecule is CCNC(=NCc1csc(CC)n1)NCC(C)(C)c1ccccc1.I. The van der Waals surface area contributed by atoms with Gasteiger partial charge in [0, 0.05) is 23.9 Å². The molecular formula is C19H29IN4S. The molecule has 0 aliphatic heterocycles. The Kier molecular flexibility index (Phi) is 9.42. The number of halogens is 1. The van der Waals surface area contributed by atoms with Crippen LogP contribution in [0.25, 0.3) is 0 Å². The van der Waals surface area contributed by atoms with E-state index in [2.05, 4.69) is 84.0 Å². The molecule has 0 radical (unpaired) electrons. The Morgan fingerprint density at radius 3 is 2.48 bits per heavy atom. The number of thiazole rings is 1. The van der Waals surface area contributed by atoms with Crippen LogP contribution in [0.4, 0.5) is 0 Å². The molecule has 4 nitrogen and oxygen atoms in total. The molecule has 2 rings (SSSR count). The predicted molar refractivity (Wildman–Crippen MR) is 119 cm³/mol. The number of guanidine groups is 1. The molecule has 0 aliphatic rings. The van der Waals surface area contributed by atoms with E-state index in [4.69, 9.17) is 0 Å². The molecule has 0 amide bonds. The third-order valence-corrected chi connectivity index (χ3v) is 4.94. The Balaban J connectivity index is 0.00000312. The first kappa shape index (κ1) is 21.9. The first-order valence-corrected chi connectivity index (χ1v) is 9.44. The lowest BCUT2D eigenvalue weighted by atomic mass is 9.85. The highest BCUT2D eigenvalue weighted by Crippen LogP contribution is 2.21. The Bertz CT molecular complexity index is 652. The van der Waals surface area contributed by atoms with Gasteiger partial charge in [0.25, 0.3) is 0 Å². The van der Waals surface area contributed by atoms with Gasteiger partial charge in [-0.25, -0.2) is 9.98 Å². The molecule has 1 heterocycles. The fraction of sp³-hybridized carbons (Fsp3) is 0.474. The van der Waals surface area contributed by atoms with Crippen LogP contribution >= 0.6 is 35.3 Å². The molecule has 0 saturated heterocycles. The molecule has 0 unspecified atom stereocenters. The monoisotopic (exact) mass is 472 g/mol. The average Bonchev–Trinajstić information content (AvgIpc) is 3.06. The summed E-state index contributed by atoms with van der Waals surface area (Å²) in [4.78, 5) is 9.24. The summed E-state index contributed by atoms with van der Waals surface area (Å²) in [5.74, 6) is 0.840. The number of aromatic nitrogens is 1. The van der Waals surface area contributed by atoms with Crippen molar-refractivity contribution in [3.63, 3.8) is 0 Å². The van der Waals surface area contributed by atoms with Crippen LogP contribution in [0.3, 0.4) is 0 Å². The third kappa shape index (κ3) is 6.93. The van der Waals surface area contributed by atoms with Crippen molar-refractivity contribution in [2.45, 2.75) is 46.1 Å². The number of nitrogens with zero attached hydrogens (tertiary/aromatic N) is 2. The first-order chi connectivity index (χ1) is 11.5. The van der Waals surface area contributed by atoms with Gasteiger partial charge in [-0.1, -0.05) is 51.1 Å². The van der Waals surface area contributed by atoms with E-state index in [-0.39, 0.29) is 29.4 Å². The number of nitrogens with one attached hydrogen (secondary N) is 2. The smallest absolute Gasteiger partial charge is 0.191 e. The number of aliphatic imine (C=N–C) groups is 1. The van der Waals surface area contributed by atoms with Crippen molar-refractivity contribution in [1.82, 2.24) is 15.6 Å². The standard InChI is InChI=1S/C19H28N4S.HI/c1-5-17-23-16(13-24-17)12-21-18(20-6-2)22-14-19(3,4)15-10-8-7-9-11-15;/h7-11,13H,5-6,12,14H2,1-4H3,(H2,20,21,22);1H. The molecule has 6 heteroatoms. The maximum Gasteiger partial charge on any atom is 0.191 e. The Labute approximate surface area is 172 Å². The van der Waals surface area contributed by atoms with E-state index < -0.39 is 0 Å². The second kappa shape index (κ2) is 10.8. The summed E-state index contributed by atoms with van der Waals surface area (Å²) in [6.45, 7) is 11.0. The third-order valence-electron chi connectivity index (χ3n) is 3.90. The molecule has 0 saturated carbocycles. The largest absolute Gasteiger partial charge is 0.357 e. The molecule has 2 aromatic rings. The van der Waals surface area contributed by atoms with Crippen molar-refractivity contribution in [2.24, 2.45) is 4.99 Å². The zero-order chi connectivity index (χ0) is 17.4. The topological polar surface area (TPSA) is 49.3 Å². The van der Waals surface area contributed by atoms with Gasteiger partial charge in [-0.15, -0.1) is 35.3 Å². The van der Waals surface area contributed by atoms with Crippen molar-refractivity contribution in [1.29, 1.82) is 0 Å². The van der Waals surface area contributed by atoms with Gasteiger partial charge >= 0.3 is 0 Å². The Hall–Kier alpha value is -1.15. The zero-order valence-electron chi connectivity index (χ0n) is 15.5. The van der Waals surface area contributed by atoms with E-state index in [0.717, 1.165) is 31.2 Å². The van der Waals surface area contributed by atoms with Crippen LogP contribution in [-0.2, 0) is 18.4 Å². The van der Waals surface area contributed by atoms with Gasteiger partial charge in [0.15, 0.2) is 5.96 Å². The van der Waals surface area contributed by atoms with Crippen LogP contribution in [0.2, 0.25) is 0 Å². The van der Waals surface area contributed by atoms with Crippen LogP contribution in [0.1, 0.15) is 44.0 Å². The minimum absolute atomic E-state index is 0. The summed E-state index contributed by atoms with van der Waals surface area (Å²) in [6.07, 6.45) is 0.984. The fourth-order valence-corrected chi connectivity index (χ4v) is 3.12. The highest BCUT2D eigenvalue weighted by molar-refractivity contribution is 14.0. The summed E-state index contributed by atoms with van der Waals surface area (Å²) in [6, 6.07) is 10.6. The second-order valence-electron chi connectivity index (χ2n) is 6.38. The molecule has 138 valence electrons. The van der Waals surface area contributed by atoms with E-state index in [1.807, 2.05) is 0 Å². The molecule has 25 heavy (non-hydrogen) atoms. The minimum Gasteiger partial charge on any atom is -0.357 e. The molecule has 0 bridgehead atoms. The average molecular weight is 472 g/mol. The van der Waals surface area contributed by atoms with Gasteiger partial charge in [0.05, 0.1) is 17.2 Å². The number of benzene rings is 1. The lowest BCUT2D eigenvalue weighted by Gasteiger charge is -2.26. The first-order valence-electron chi connectivity index (χ1n) is 8.56. The Morgan fingerprint density at radius 1 is 1.16 bits per heavy atom. The van der Waals surface area contributed by atoms with Crippen molar-refractivity contribution in [2.75, 3.05) is 13.1 Å². The molecule has 1 aromatic heterocycles. The maximum atomic E-state index is 4.67. The van der Waals surface area contributed by atoms with Gasteiger partial charge in [0.1, 0.15) is 0 Å². The van der Waals surface area contributed by atoms with Gasteiger partial charge in [-0.2, -0.15) is 0 Å². The van der Waals surface area contributed by atoms with Gasteiger partial charge < -0.3 is 10.6 Å². The molecule has 0 aliphatic carbocycles. The summed E-state index contributed by atoms with van der Waals surface area (Å²) >= 11 is 1.71. The van der Waals surface area contributed by atoms with E-state index in [1.54, 1.807) is 11.3 Å². The van der Waals surface area contributed by atoms with Crippen molar-refractivity contribution < 1.29 is 0 Å². The molecule has 2 N–H and O–H groups in total. The van der Waals surface area contributed by atoms with Crippen molar-refractivity contribution >= 4 is 41.3 Å². The fourth-order valence-electron chi connectivity index (χ4n) is 2.38. The quantitative estimate of drug-likeness (QED) is 0.358.